The highest BCUT2D eigenvalue weighted by Crippen LogP contribution is 2.26. The van der Waals surface area contributed by atoms with Crippen molar-refractivity contribution in [2.45, 2.75) is 59.3 Å². The number of ether oxygens (including phenoxy) is 2. The van der Waals surface area contributed by atoms with Crippen LogP contribution in [0.15, 0.2) is 42.6 Å². The molecule has 0 unspecified atom stereocenters. The second-order valence-electron chi connectivity index (χ2n) is 10.7. The average molecular weight is 499 g/mol. The van der Waals surface area contributed by atoms with Gasteiger partial charge in [0.1, 0.15) is 17.0 Å². The number of nitrogens with one attached hydrogen (secondary N) is 1. The number of carbonyl (C=O) groups is 2. The molecule has 0 saturated carbocycles. The molecule has 8 nitrogen and oxygen atoms in total. The number of likely N-dealkylation sites (N-methyl/N-ethyl adjacent to an activating group) is 1. The summed E-state index contributed by atoms with van der Waals surface area (Å²) in [6.07, 6.45) is 0.663. The molecule has 1 N–H and O–H groups in total. The molecule has 0 bridgehead atoms. The molecule has 0 saturated heterocycles. The second-order valence-corrected chi connectivity index (χ2v) is 10.7. The highest BCUT2D eigenvalue weighted by atomic mass is 19.1. The average Bonchev–Trinajstić information content (AvgIpc) is 3.18. The second kappa shape index (κ2) is 10.7. The van der Waals surface area contributed by atoms with Gasteiger partial charge in [-0.15, -0.1) is 0 Å². The minimum atomic E-state index is -0.626. The molecule has 1 aromatic heterocycles. The topological polar surface area (TPSA) is 85.7 Å². The first-order valence-corrected chi connectivity index (χ1v) is 11.9. The summed E-state index contributed by atoms with van der Waals surface area (Å²) in [6, 6.07) is 10.5. The fourth-order valence-corrected chi connectivity index (χ4v) is 3.45. The first-order chi connectivity index (χ1) is 16.7. The van der Waals surface area contributed by atoms with Crippen LogP contribution in [0.5, 0.6) is 0 Å². The van der Waals surface area contributed by atoms with Crippen molar-refractivity contribution in [3.05, 3.63) is 54.0 Å². The van der Waals surface area contributed by atoms with E-state index in [0.29, 0.717) is 30.7 Å². The minimum absolute atomic E-state index is 0.306. The summed E-state index contributed by atoms with van der Waals surface area (Å²) >= 11 is 0. The molecular weight excluding hydrogens is 463 g/mol. The number of nitrogens with zero attached hydrogens (tertiary/aromatic N) is 3. The van der Waals surface area contributed by atoms with Gasteiger partial charge in [-0.2, -0.15) is 9.78 Å². The van der Waals surface area contributed by atoms with Crippen molar-refractivity contribution in [3.63, 3.8) is 0 Å². The monoisotopic (exact) mass is 498 g/mol. The third kappa shape index (κ3) is 7.27. The van der Waals surface area contributed by atoms with Gasteiger partial charge in [-0.3, -0.25) is 0 Å². The number of aromatic nitrogens is 2. The molecule has 1 amide bonds. The van der Waals surface area contributed by atoms with E-state index < -0.39 is 23.4 Å². The molecule has 0 atom stereocenters. The number of amides is 1. The number of carbonyl (C=O) groups excluding carboxylic acids is 2. The van der Waals surface area contributed by atoms with Crippen molar-refractivity contribution in [3.8, 4) is 11.1 Å². The fourth-order valence-electron chi connectivity index (χ4n) is 3.45. The van der Waals surface area contributed by atoms with E-state index in [9.17, 15) is 14.0 Å². The highest BCUT2D eigenvalue weighted by Gasteiger charge is 2.21. The molecule has 9 heteroatoms. The molecule has 0 radical (unpaired) electrons. The van der Waals surface area contributed by atoms with Crippen LogP contribution in [0, 0.1) is 5.82 Å². The Morgan fingerprint density at radius 3 is 2.31 bits per heavy atom. The SMILES string of the molecule is CN(CCNCc1cc(-c2ccc3c(cnn3C(=O)OC(C)(C)C)c2)ccc1F)C(=O)OC(C)(C)C. The van der Waals surface area contributed by atoms with Crippen LogP contribution in [0.3, 0.4) is 0 Å². The zero-order chi connectivity index (χ0) is 26.7. The van der Waals surface area contributed by atoms with Crippen LogP contribution in [0.1, 0.15) is 47.1 Å². The smallest absolute Gasteiger partial charge is 0.435 e. The summed E-state index contributed by atoms with van der Waals surface area (Å²) in [6.45, 7) is 12.1. The van der Waals surface area contributed by atoms with Crippen LogP contribution in [-0.2, 0) is 16.0 Å². The maximum absolute atomic E-state index is 14.5. The van der Waals surface area contributed by atoms with Crippen molar-refractivity contribution < 1.29 is 23.5 Å². The van der Waals surface area contributed by atoms with Gasteiger partial charge >= 0.3 is 12.2 Å². The van der Waals surface area contributed by atoms with E-state index >= 15 is 0 Å². The summed E-state index contributed by atoms with van der Waals surface area (Å²) in [5.41, 5.74) is 1.67. The lowest BCUT2D eigenvalue weighted by atomic mass is 10.0. The zero-order valence-electron chi connectivity index (χ0n) is 22.0. The molecule has 3 rings (SSSR count). The van der Waals surface area contributed by atoms with Crippen LogP contribution in [0.25, 0.3) is 22.0 Å². The van der Waals surface area contributed by atoms with Gasteiger partial charge in [-0.05, 0) is 76.9 Å². The van der Waals surface area contributed by atoms with Crippen LogP contribution in [0.4, 0.5) is 14.0 Å². The lowest BCUT2D eigenvalue weighted by Gasteiger charge is -2.24. The number of halogens is 1. The Kier molecular flexibility index (Phi) is 8.03. The first kappa shape index (κ1) is 27.1. The molecule has 0 spiro atoms. The van der Waals surface area contributed by atoms with Crippen molar-refractivity contribution >= 4 is 23.1 Å². The summed E-state index contributed by atoms with van der Waals surface area (Å²) in [7, 11) is 1.66. The Labute approximate surface area is 211 Å². The fraction of sp³-hybridized carbons (Fsp3) is 0.444. The Bertz CT molecular complexity index is 1240. The number of fused-ring (bicyclic) bond motifs is 1. The highest BCUT2D eigenvalue weighted by molar-refractivity contribution is 5.90. The normalized spacial score (nSPS) is 12.0. The minimum Gasteiger partial charge on any atom is -0.444 e. The van der Waals surface area contributed by atoms with E-state index in [4.69, 9.17) is 9.47 Å². The molecule has 2 aromatic carbocycles. The van der Waals surface area contributed by atoms with Crippen molar-refractivity contribution in [1.82, 2.24) is 20.0 Å². The molecule has 1 heterocycles. The van der Waals surface area contributed by atoms with Crippen molar-refractivity contribution in [1.29, 1.82) is 0 Å². The lowest BCUT2D eigenvalue weighted by molar-refractivity contribution is 0.0300. The Balaban J connectivity index is 1.67. The van der Waals surface area contributed by atoms with E-state index in [1.54, 1.807) is 52.2 Å². The molecule has 0 aliphatic carbocycles. The third-order valence-corrected chi connectivity index (χ3v) is 5.16. The van der Waals surface area contributed by atoms with E-state index in [0.717, 1.165) is 16.5 Å². The van der Waals surface area contributed by atoms with E-state index in [-0.39, 0.29) is 5.82 Å². The number of hydrogen-bond donors (Lipinski definition) is 1. The van der Waals surface area contributed by atoms with Gasteiger partial charge in [0.05, 0.1) is 11.7 Å². The van der Waals surface area contributed by atoms with Crippen LogP contribution in [0.2, 0.25) is 0 Å². The maximum Gasteiger partial charge on any atom is 0.435 e. The summed E-state index contributed by atoms with van der Waals surface area (Å²) in [4.78, 5) is 26.0. The molecule has 3 aromatic rings. The molecule has 194 valence electrons. The lowest BCUT2D eigenvalue weighted by Crippen LogP contribution is -2.37. The Morgan fingerprint density at radius 1 is 1.00 bits per heavy atom. The van der Waals surface area contributed by atoms with E-state index in [1.807, 2.05) is 32.9 Å². The predicted molar refractivity (Wildman–Crippen MR) is 137 cm³/mol. The largest absolute Gasteiger partial charge is 0.444 e. The first-order valence-electron chi connectivity index (χ1n) is 11.9. The summed E-state index contributed by atoms with van der Waals surface area (Å²) < 4.78 is 26.5. The quantitative estimate of drug-likeness (QED) is 0.447. The van der Waals surface area contributed by atoms with E-state index in [2.05, 4.69) is 10.4 Å². The van der Waals surface area contributed by atoms with Gasteiger partial charge in [0.15, 0.2) is 0 Å². The third-order valence-electron chi connectivity index (χ3n) is 5.16. The van der Waals surface area contributed by atoms with Gasteiger partial charge in [-0.1, -0.05) is 12.1 Å². The Morgan fingerprint density at radius 2 is 1.64 bits per heavy atom. The van der Waals surface area contributed by atoms with Gasteiger partial charge in [0.25, 0.3) is 0 Å². The van der Waals surface area contributed by atoms with Gasteiger partial charge in [0.2, 0.25) is 0 Å². The van der Waals surface area contributed by atoms with Crippen LogP contribution < -0.4 is 5.32 Å². The molecule has 0 fully saturated rings. The van der Waals surface area contributed by atoms with Crippen molar-refractivity contribution in [2.24, 2.45) is 0 Å². The molecular formula is C27H35FN4O4. The number of hydrogen-bond acceptors (Lipinski definition) is 6. The van der Waals surface area contributed by atoms with E-state index in [1.165, 1.54) is 15.6 Å². The zero-order valence-corrected chi connectivity index (χ0v) is 22.0. The number of benzene rings is 2. The van der Waals surface area contributed by atoms with Crippen LogP contribution >= 0.6 is 0 Å². The Hall–Kier alpha value is -3.46. The van der Waals surface area contributed by atoms with Crippen LogP contribution in [-0.4, -0.2) is 58.2 Å². The van der Waals surface area contributed by atoms with Gasteiger partial charge < -0.3 is 19.7 Å². The predicted octanol–water partition coefficient (Wildman–Crippen LogP) is 5.58. The number of rotatable bonds is 6. The maximum atomic E-state index is 14.5. The summed E-state index contributed by atoms with van der Waals surface area (Å²) in [5, 5.41) is 8.13. The summed E-state index contributed by atoms with van der Waals surface area (Å²) in [5.74, 6) is -0.314. The molecule has 36 heavy (non-hydrogen) atoms. The van der Waals surface area contributed by atoms with Gasteiger partial charge in [0, 0.05) is 37.6 Å². The van der Waals surface area contributed by atoms with Gasteiger partial charge in [-0.25, -0.2) is 14.0 Å². The van der Waals surface area contributed by atoms with Crippen molar-refractivity contribution in [2.75, 3.05) is 20.1 Å². The molecule has 0 aliphatic rings. The molecule has 0 aliphatic heterocycles. The standard InChI is InChI=1S/C27H35FN4O4/c1-26(2,3)35-24(33)31(7)13-12-29-16-20-14-18(8-10-22(20)28)19-9-11-23-21(15-19)17-30-32(23)25(34)36-27(4,5)6/h8-11,14-15,17,29H,12-13,16H2,1-7H3.